The molecule has 1 heterocycles. The number of aryl methyl sites for hydroxylation is 1. The van der Waals surface area contributed by atoms with Crippen LogP contribution < -0.4 is 5.32 Å². The average molecular weight is 429 g/mol. The predicted molar refractivity (Wildman–Crippen MR) is 120 cm³/mol. The summed E-state index contributed by atoms with van der Waals surface area (Å²) in [5.41, 5.74) is 2.44. The maximum atomic E-state index is 13.4. The van der Waals surface area contributed by atoms with Crippen LogP contribution in [0.5, 0.6) is 0 Å². The molecule has 1 aliphatic heterocycles. The van der Waals surface area contributed by atoms with Gasteiger partial charge in [0.15, 0.2) is 0 Å². The Kier molecular flexibility index (Phi) is 7.91. The number of carbonyl (C=O) groups is 2. The molecular weight excluding hydrogens is 399 g/mol. The van der Waals surface area contributed by atoms with Crippen molar-refractivity contribution in [2.24, 2.45) is 0 Å². The molecule has 2 aromatic carbocycles. The van der Waals surface area contributed by atoms with Gasteiger partial charge in [0.2, 0.25) is 5.91 Å². The Bertz CT molecular complexity index is 855. The summed E-state index contributed by atoms with van der Waals surface area (Å²) < 4.78 is 13.4. The molecule has 0 saturated carbocycles. The van der Waals surface area contributed by atoms with E-state index >= 15 is 0 Å². The Morgan fingerprint density at radius 1 is 1.07 bits per heavy atom. The van der Waals surface area contributed by atoms with E-state index in [4.69, 9.17) is 0 Å². The maximum absolute atomic E-state index is 13.4. The summed E-state index contributed by atoms with van der Waals surface area (Å²) in [5, 5.41) is 2.68. The molecule has 2 unspecified atom stereocenters. The van der Waals surface area contributed by atoms with E-state index in [0.717, 1.165) is 36.8 Å². The lowest BCUT2D eigenvalue weighted by molar-refractivity contribution is -0.124. The average Bonchev–Trinajstić information content (AvgIpc) is 3.19. The molecule has 160 valence electrons. The lowest BCUT2D eigenvalue weighted by atomic mass is 10.1. The fourth-order valence-electron chi connectivity index (χ4n) is 3.57. The van der Waals surface area contributed by atoms with E-state index in [1.807, 2.05) is 19.1 Å². The van der Waals surface area contributed by atoms with E-state index in [9.17, 15) is 14.0 Å². The van der Waals surface area contributed by atoms with Gasteiger partial charge >= 0.3 is 0 Å². The van der Waals surface area contributed by atoms with Crippen LogP contribution >= 0.6 is 11.8 Å². The Balaban J connectivity index is 1.80. The second-order valence-electron chi connectivity index (χ2n) is 7.68. The Hall–Kier alpha value is -2.34. The maximum Gasteiger partial charge on any atom is 0.255 e. The highest BCUT2D eigenvalue weighted by Gasteiger charge is 2.42. The zero-order chi connectivity index (χ0) is 21.5. The highest BCUT2D eigenvalue weighted by molar-refractivity contribution is 7.99. The smallest absolute Gasteiger partial charge is 0.255 e. The number of hydrogen-bond donors (Lipinski definition) is 1. The Labute approximate surface area is 182 Å². The first kappa shape index (κ1) is 22.3. The number of thioether (sulfide) groups is 1. The van der Waals surface area contributed by atoms with Gasteiger partial charge in [-0.1, -0.05) is 56.0 Å². The molecule has 0 spiro atoms. The first-order valence-electron chi connectivity index (χ1n) is 10.6. The molecule has 0 aliphatic carbocycles. The first-order chi connectivity index (χ1) is 14.5. The summed E-state index contributed by atoms with van der Waals surface area (Å²) in [4.78, 5) is 28.0. The van der Waals surface area contributed by atoms with E-state index in [-0.39, 0.29) is 23.0 Å². The number of nitrogens with zero attached hydrogens (tertiary/aromatic N) is 1. The standard InChI is InChI=1S/C24H29FN2O2S/c1-3-4-5-6-15-26-22(28)21-16-30-24(19-11-13-20(25)14-12-19)27(21)23(29)18-9-7-17(2)8-10-18/h7-14,21,24H,3-6,15-16H2,1-2H3,(H,26,28). The van der Waals surface area contributed by atoms with Gasteiger partial charge in [0.1, 0.15) is 17.2 Å². The summed E-state index contributed by atoms with van der Waals surface area (Å²) in [5.74, 6) is -0.107. The van der Waals surface area contributed by atoms with Gasteiger partial charge in [-0.15, -0.1) is 11.8 Å². The van der Waals surface area contributed by atoms with Crippen molar-refractivity contribution >= 4 is 23.6 Å². The molecule has 4 nitrogen and oxygen atoms in total. The van der Waals surface area contributed by atoms with Crippen molar-refractivity contribution in [1.29, 1.82) is 0 Å². The van der Waals surface area contributed by atoms with Crippen LogP contribution in [0.25, 0.3) is 0 Å². The van der Waals surface area contributed by atoms with E-state index in [2.05, 4.69) is 12.2 Å². The monoisotopic (exact) mass is 428 g/mol. The van der Waals surface area contributed by atoms with Crippen molar-refractivity contribution in [1.82, 2.24) is 10.2 Å². The van der Waals surface area contributed by atoms with Crippen LogP contribution in [0.2, 0.25) is 0 Å². The van der Waals surface area contributed by atoms with Crippen molar-refractivity contribution in [2.45, 2.75) is 50.9 Å². The number of hydrogen-bond acceptors (Lipinski definition) is 3. The molecule has 2 aromatic rings. The molecule has 1 aliphatic rings. The van der Waals surface area contributed by atoms with Gasteiger partial charge in [-0.25, -0.2) is 4.39 Å². The predicted octanol–water partition coefficient (Wildman–Crippen LogP) is 5.09. The lowest BCUT2D eigenvalue weighted by Crippen LogP contribution is -2.48. The van der Waals surface area contributed by atoms with Gasteiger partial charge in [-0.05, 0) is 43.2 Å². The van der Waals surface area contributed by atoms with Gasteiger partial charge < -0.3 is 10.2 Å². The molecule has 30 heavy (non-hydrogen) atoms. The van der Waals surface area contributed by atoms with Gasteiger partial charge in [-0.2, -0.15) is 0 Å². The molecular formula is C24H29FN2O2S. The van der Waals surface area contributed by atoms with Gasteiger partial charge in [0, 0.05) is 17.9 Å². The summed E-state index contributed by atoms with van der Waals surface area (Å²) in [6.45, 7) is 4.74. The normalized spacial score (nSPS) is 18.4. The van der Waals surface area contributed by atoms with Crippen LogP contribution in [-0.4, -0.2) is 35.1 Å². The number of halogens is 1. The van der Waals surface area contributed by atoms with E-state index in [0.29, 0.717) is 17.9 Å². The summed E-state index contributed by atoms with van der Waals surface area (Å²) in [7, 11) is 0. The Morgan fingerprint density at radius 2 is 1.77 bits per heavy atom. The molecule has 3 rings (SSSR count). The number of nitrogens with one attached hydrogen (secondary N) is 1. The third kappa shape index (κ3) is 5.42. The highest BCUT2D eigenvalue weighted by Crippen LogP contribution is 2.42. The molecule has 1 fully saturated rings. The fraction of sp³-hybridized carbons (Fsp3) is 0.417. The van der Waals surface area contributed by atoms with Crippen molar-refractivity contribution in [3.8, 4) is 0 Å². The Morgan fingerprint density at radius 3 is 2.43 bits per heavy atom. The third-order valence-corrected chi connectivity index (χ3v) is 6.64. The van der Waals surface area contributed by atoms with Crippen molar-refractivity contribution in [3.63, 3.8) is 0 Å². The minimum atomic E-state index is -0.551. The lowest BCUT2D eigenvalue weighted by Gasteiger charge is -2.29. The molecule has 0 aromatic heterocycles. The topological polar surface area (TPSA) is 49.4 Å². The minimum Gasteiger partial charge on any atom is -0.354 e. The van der Waals surface area contributed by atoms with E-state index in [1.165, 1.54) is 12.1 Å². The minimum absolute atomic E-state index is 0.121. The van der Waals surface area contributed by atoms with Crippen LogP contribution in [0.3, 0.4) is 0 Å². The number of benzene rings is 2. The molecule has 2 amide bonds. The molecule has 2 atom stereocenters. The molecule has 6 heteroatoms. The quantitative estimate of drug-likeness (QED) is 0.596. The molecule has 0 radical (unpaired) electrons. The van der Waals surface area contributed by atoms with Crippen molar-refractivity contribution < 1.29 is 14.0 Å². The van der Waals surface area contributed by atoms with Crippen LogP contribution in [0.4, 0.5) is 4.39 Å². The largest absolute Gasteiger partial charge is 0.354 e. The van der Waals surface area contributed by atoms with Gasteiger partial charge in [-0.3, -0.25) is 9.59 Å². The van der Waals surface area contributed by atoms with Crippen LogP contribution in [0.1, 0.15) is 59.5 Å². The number of amides is 2. The zero-order valence-corrected chi connectivity index (χ0v) is 18.4. The summed E-state index contributed by atoms with van der Waals surface area (Å²) >= 11 is 1.54. The number of rotatable bonds is 8. The van der Waals surface area contributed by atoms with Crippen LogP contribution in [-0.2, 0) is 4.79 Å². The molecule has 0 bridgehead atoms. The first-order valence-corrected chi connectivity index (χ1v) is 11.6. The molecule has 1 saturated heterocycles. The van der Waals surface area contributed by atoms with E-state index in [1.54, 1.807) is 40.9 Å². The fourth-order valence-corrected chi connectivity index (χ4v) is 5.00. The highest BCUT2D eigenvalue weighted by atomic mass is 32.2. The number of carbonyl (C=O) groups excluding carboxylic acids is 2. The van der Waals surface area contributed by atoms with Crippen LogP contribution in [0.15, 0.2) is 48.5 Å². The van der Waals surface area contributed by atoms with Gasteiger partial charge in [0.05, 0.1) is 0 Å². The second-order valence-corrected chi connectivity index (χ2v) is 8.80. The SMILES string of the molecule is CCCCCCNC(=O)C1CSC(c2ccc(F)cc2)N1C(=O)c1ccc(C)cc1. The third-order valence-electron chi connectivity index (χ3n) is 5.32. The van der Waals surface area contributed by atoms with Crippen LogP contribution in [0, 0.1) is 12.7 Å². The summed E-state index contributed by atoms with van der Waals surface area (Å²) in [6, 6.07) is 13.0. The molecule has 1 N–H and O–H groups in total. The number of unbranched alkanes of at least 4 members (excludes halogenated alkanes) is 3. The zero-order valence-electron chi connectivity index (χ0n) is 17.6. The van der Waals surface area contributed by atoms with Crippen molar-refractivity contribution in [2.75, 3.05) is 12.3 Å². The van der Waals surface area contributed by atoms with E-state index < -0.39 is 6.04 Å². The second kappa shape index (κ2) is 10.6. The van der Waals surface area contributed by atoms with Gasteiger partial charge in [0.25, 0.3) is 5.91 Å². The summed E-state index contributed by atoms with van der Waals surface area (Å²) in [6.07, 6.45) is 4.32. The van der Waals surface area contributed by atoms with Crippen molar-refractivity contribution in [3.05, 3.63) is 71.0 Å².